The number of hydrogen-bond donors (Lipinski definition) is 1. The summed E-state index contributed by atoms with van der Waals surface area (Å²) in [7, 11) is -7.76. The first kappa shape index (κ1) is 24.9. The Hall–Kier alpha value is -1.79. The largest absolute Gasteiger partial charge is 0.490 e. The van der Waals surface area contributed by atoms with Gasteiger partial charge >= 0.3 is 0 Å². The summed E-state index contributed by atoms with van der Waals surface area (Å²) in [4.78, 5) is -0.0998. The third-order valence-electron chi connectivity index (χ3n) is 7.28. The Kier molecular flexibility index (Phi) is 6.36. The van der Waals surface area contributed by atoms with Crippen LogP contribution in [0.1, 0.15) is 18.4 Å². The first-order valence-electron chi connectivity index (χ1n) is 11.2. The molecule has 2 aromatic carbocycles. The second-order valence-corrected chi connectivity index (χ2v) is 14.1. The summed E-state index contributed by atoms with van der Waals surface area (Å²) in [6, 6.07) is 7.27. The molecule has 0 aromatic heterocycles. The van der Waals surface area contributed by atoms with E-state index in [-0.39, 0.29) is 42.3 Å². The zero-order chi connectivity index (χ0) is 25.0. The van der Waals surface area contributed by atoms with Gasteiger partial charge in [0.15, 0.2) is 31.2 Å². The Labute approximate surface area is 207 Å². The summed E-state index contributed by atoms with van der Waals surface area (Å²) in [6.45, 7) is 0.393. The van der Waals surface area contributed by atoms with Crippen molar-refractivity contribution in [2.45, 2.75) is 33.8 Å². The standard InChI is InChI=1S/C23H24ClF2NO6S2/c24-14-1-3-15(4-2-14)35(30,31)23-8-9-32-20(7-10-34(28,29)16-11-27-12-16)17(23)13-33-22-19(26)6-5-18(25)21(22)23/h1-6,16-17,20,27H,7-13H2/t17-,20-,23-/m0/s1. The molecule has 5 rings (SSSR count). The molecule has 0 bridgehead atoms. The van der Waals surface area contributed by atoms with Crippen molar-refractivity contribution in [2.75, 3.05) is 32.1 Å². The second-order valence-electron chi connectivity index (χ2n) is 9.09. The molecule has 2 fully saturated rings. The first-order chi connectivity index (χ1) is 16.6. The van der Waals surface area contributed by atoms with Gasteiger partial charge in [0.1, 0.15) is 10.6 Å². The summed E-state index contributed by atoms with van der Waals surface area (Å²) in [5.74, 6) is -3.38. The molecule has 0 amide bonds. The monoisotopic (exact) mass is 547 g/mol. The predicted molar refractivity (Wildman–Crippen MR) is 125 cm³/mol. The lowest BCUT2D eigenvalue weighted by Crippen LogP contribution is -2.58. The van der Waals surface area contributed by atoms with Gasteiger partial charge in [-0.2, -0.15) is 0 Å². The third-order valence-corrected chi connectivity index (χ3v) is 12.3. The maximum atomic E-state index is 15.4. The van der Waals surface area contributed by atoms with E-state index in [1.807, 2.05) is 0 Å². The second kappa shape index (κ2) is 8.95. The van der Waals surface area contributed by atoms with Crippen molar-refractivity contribution in [1.82, 2.24) is 5.32 Å². The van der Waals surface area contributed by atoms with E-state index in [1.165, 1.54) is 24.3 Å². The Bertz CT molecular complexity index is 1350. The van der Waals surface area contributed by atoms with Gasteiger partial charge in [-0.15, -0.1) is 0 Å². The van der Waals surface area contributed by atoms with Crippen molar-refractivity contribution >= 4 is 31.3 Å². The minimum atomic E-state index is -4.33. The molecule has 3 atom stereocenters. The van der Waals surface area contributed by atoms with Crippen LogP contribution >= 0.6 is 11.6 Å². The number of rotatable bonds is 6. The summed E-state index contributed by atoms with van der Waals surface area (Å²) in [5.41, 5.74) is -0.372. The maximum Gasteiger partial charge on any atom is 0.189 e. The van der Waals surface area contributed by atoms with Crippen molar-refractivity contribution in [3.63, 3.8) is 0 Å². The molecule has 0 saturated carbocycles. The summed E-state index contributed by atoms with van der Waals surface area (Å²) < 4.78 is 93.4. The van der Waals surface area contributed by atoms with Crippen LogP contribution in [0.2, 0.25) is 5.02 Å². The van der Waals surface area contributed by atoms with Crippen molar-refractivity contribution in [1.29, 1.82) is 0 Å². The highest BCUT2D eigenvalue weighted by atomic mass is 35.5. The lowest BCUT2D eigenvalue weighted by atomic mass is 9.75. The van der Waals surface area contributed by atoms with E-state index >= 15 is 4.39 Å². The molecule has 3 aliphatic rings. The van der Waals surface area contributed by atoms with Crippen LogP contribution in [-0.2, 0) is 29.2 Å². The van der Waals surface area contributed by atoms with Crippen LogP contribution in [0.3, 0.4) is 0 Å². The average Bonchev–Trinajstić information content (AvgIpc) is 2.78. The summed E-state index contributed by atoms with van der Waals surface area (Å²) in [6.07, 6.45) is -0.990. The highest BCUT2D eigenvalue weighted by Gasteiger charge is 2.61. The number of halogens is 3. The molecule has 0 spiro atoms. The van der Waals surface area contributed by atoms with Crippen molar-refractivity contribution < 1.29 is 35.1 Å². The number of hydrogen-bond acceptors (Lipinski definition) is 7. The Balaban J connectivity index is 1.62. The van der Waals surface area contributed by atoms with Crippen LogP contribution < -0.4 is 10.1 Å². The Morgan fingerprint density at radius 1 is 1.03 bits per heavy atom. The van der Waals surface area contributed by atoms with E-state index in [1.54, 1.807) is 0 Å². The zero-order valence-electron chi connectivity index (χ0n) is 18.5. The van der Waals surface area contributed by atoms with Gasteiger partial charge in [0.05, 0.1) is 34.2 Å². The van der Waals surface area contributed by atoms with E-state index in [0.717, 1.165) is 12.1 Å². The molecule has 0 radical (unpaired) electrons. The minimum Gasteiger partial charge on any atom is -0.490 e. The van der Waals surface area contributed by atoms with Gasteiger partial charge in [0, 0.05) is 30.6 Å². The molecule has 35 heavy (non-hydrogen) atoms. The van der Waals surface area contributed by atoms with Gasteiger partial charge in [-0.05, 0) is 49.2 Å². The molecule has 2 saturated heterocycles. The molecule has 3 heterocycles. The zero-order valence-corrected chi connectivity index (χ0v) is 20.9. The maximum absolute atomic E-state index is 15.4. The molecule has 2 aromatic rings. The van der Waals surface area contributed by atoms with Crippen LogP contribution in [0.15, 0.2) is 41.3 Å². The molecular formula is C23H24ClF2NO6S2. The number of benzene rings is 2. The summed E-state index contributed by atoms with van der Waals surface area (Å²) >= 11 is 5.95. The topological polar surface area (TPSA) is 98.8 Å². The normalized spacial score (nSPS) is 26.8. The minimum absolute atomic E-state index is 0.0109. The highest BCUT2D eigenvalue weighted by molar-refractivity contribution is 7.92. The molecule has 0 unspecified atom stereocenters. The number of ether oxygens (including phenoxy) is 2. The lowest BCUT2D eigenvalue weighted by Gasteiger charge is -2.50. The first-order valence-corrected chi connectivity index (χ1v) is 14.8. The number of fused-ring (bicyclic) bond motifs is 3. The van der Waals surface area contributed by atoms with Gasteiger partial charge in [-0.3, -0.25) is 0 Å². The van der Waals surface area contributed by atoms with E-state index in [9.17, 15) is 21.2 Å². The molecule has 3 aliphatic heterocycles. The average molecular weight is 548 g/mol. The van der Waals surface area contributed by atoms with Gasteiger partial charge in [0.25, 0.3) is 0 Å². The van der Waals surface area contributed by atoms with E-state index in [2.05, 4.69) is 5.32 Å². The van der Waals surface area contributed by atoms with Gasteiger partial charge in [-0.25, -0.2) is 25.6 Å². The SMILES string of the molecule is O=S(=O)(CC[C@@H]1OCC[C@@]2(S(=O)(=O)c3ccc(Cl)cc3)c3c(F)ccc(F)c3OC[C@@H]12)C1CNC1. The number of nitrogens with one attached hydrogen (secondary N) is 1. The Morgan fingerprint density at radius 2 is 1.71 bits per heavy atom. The van der Waals surface area contributed by atoms with Crippen molar-refractivity contribution in [3.8, 4) is 5.75 Å². The third kappa shape index (κ3) is 3.96. The van der Waals surface area contributed by atoms with Crippen LogP contribution in [0.5, 0.6) is 5.75 Å². The quantitative estimate of drug-likeness (QED) is 0.594. The number of sulfone groups is 2. The van der Waals surface area contributed by atoms with Crippen LogP contribution in [0.4, 0.5) is 8.78 Å². The Morgan fingerprint density at radius 3 is 2.37 bits per heavy atom. The molecule has 7 nitrogen and oxygen atoms in total. The smallest absolute Gasteiger partial charge is 0.189 e. The van der Waals surface area contributed by atoms with Gasteiger partial charge in [-0.1, -0.05) is 11.6 Å². The highest BCUT2D eigenvalue weighted by Crippen LogP contribution is 2.56. The molecule has 12 heteroatoms. The molecular weight excluding hydrogens is 524 g/mol. The van der Waals surface area contributed by atoms with Crippen LogP contribution in [0, 0.1) is 17.6 Å². The van der Waals surface area contributed by atoms with Gasteiger partial charge in [0.2, 0.25) is 0 Å². The van der Waals surface area contributed by atoms with E-state index < -0.39 is 59.1 Å². The fourth-order valence-corrected chi connectivity index (χ4v) is 9.41. The molecule has 190 valence electrons. The van der Waals surface area contributed by atoms with Crippen molar-refractivity contribution in [3.05, 3.63) is 58.6 Å². The van der Waals surface area contributed by atoms with E-state index in [4.69, 9.17) is 21.1 Å². The van der Waals surface area contributed by atoms with E-state index in [0.29, 0.717) is 18.1 Å². The summed E-state index contributed by atoms with van der Waals surface area (Å²) in [5, 5.41) is 2.75. The fourth-order valence-electron chi connectivity index (χ4n) is 5.30. The predicted octanol–water partition coefficient (Wildman–Crippen LogP) is 2.86. The van der Waals surface area contributed by atoms with Crippen molar-refractivity contribution in [2.24, 2.45) is 5.92 Å². The lowest BCUT2D eigenvalue weighted by molar-refractivity contribution is -0.0732. The fraction of sp³-hybridized carbons (Fsp3) is 0.478. The van der Waals surface area contributed by atoms with Crippen LogP contribution in [-0.4, -0.2) is 60.2 Å². The molecule has 1 N–H and O–H groups in total. The van der Waals surface area contributed by atoms with Crippen LogP contribution in [0.25, 0.3) is 0 Å². The molecule has 0 aliphatic carbocycles. The van der Waals surface area contributed by atoms with Gasteiger partial charge < -0.3 is 14.8 Å².